The summed E-state index contributed by atoms with van der Waals surface area (Å²) in [6.07, 6.45) is 3.06. The molecule has 2 rings (SSSR count). The number of hydrogen-bond donors (Lipinski definition) is 3. The SMILES string of the molecule is CC1(NC(=O)c2ccc(O)cc2O)CCC1. The second kappa shape index (κ2) is 3.70. The van der Waals surface area contributed by atoms with Crippen molar-refractivity contribution in [2.75, 3.05) is 0 Å². The Bertz CT molecular complexity index is 424. The highest BCUT2D eigenvalue weighted by Gasteiger charge is 2.33. The quantitative estimate of drug-likeness (QED) is 0.712. The minimum Gasteiger partial charge on any atom is -0.508 e. The Balaban J connectivity index is 2.14. The molecule has 1 amide bonds. The molecule has 0 heterocycles. The number of hydrogen-bond acceptors (Lipinski definition) is 3. The van der Waals surface area contributed by atoms with E-state index in [-0.39, 0.29) is 28.5 Å². The van der Waals surface area contributed by atoms with Gasteiger partial charge in [0, 0.05) is 11.6 Å². The first-order valence-electron chi connectivity index (χ1n) is 5.35. The lowest BCUT2D eigenvalue weighted by Gasteiger charge is -2.39. The fraction of sp³-hybridized carbons (Fsp3) is 0.417. The molecule has 1 aliphatic carbocycles. The predicted octanol–water partition coefficient (Wildman–Crippen LogP) is 1.77. The van der Waals surface area contributed by atoms with Crippen LogP contribution in [0.25, 0.3) is 0 Å². The molecule has 4 heteroatoms. The summed E-state index contributed by atoms with van der Waals surface area (Å²) in [6.45, 7) is 1.99. The van der Waals surface area contributed by atoms with Gasteiger partial charge in [-0.15, -0.1) is 0 Å². The van der Waals surface area contributed by atoms with E-state index in [1.165, 1.54) is 12.1 Å². The van der Waals surface area contributed by atoms with Crippen LogP contribution in [0.2, 0.25) is 0 Å². The zero-order valence-electron chi connectivity index (χ0n) is 9.16. The maximum Gasteiger partial charge on any atom is 0.255 e. The molecule has 0 aromatic heterocycles. The largest absolute Gasteiger partial charge is 0.508 e. The van der Waals surface area contributed by atoms with Crippen molar-refractivity contribution < 1.29 is 15.0 Å². The minimum atomic E-state index is -0.292. The highest BCUT2D eigenvalue weighted by Crippen LogP contribution is 2.32. The molecule has 86 valence electrons. The second-order valence-electron chi connectivity index (χ2n) is 4.57. The van der Waals surface area contributed by atoms with E-state index in [4.69, 9.17) is 5.11 Å². The van der Waals surface area contributed by atoms with Gasteiger partial charge in [0.25, 0.3) is 5.91 Å². The molecule has 4 nitrogen and oxygen atoms in total. The molecule has 16 heavy (non-hydrogen) atoms. The van der Waals surface area contributed by atoms with E-state index in [2.05, 4.69) is 5.32 Å². The van der Waals surface area contributed by atoms with Gasteiger partial charge >= 0.3 is 0 Å². The fourth-order valence-electron chi connectivity index (χ4n) is 1.89. The van der Waals surface area contributed by atoms with Gasteiger partial charge in [-0.25, -0.2) is 0 Å². The first-order valence-corrected chi connectivity index (χ1v) is 5.35. The van der Waals surface area contributed by atoms with Crippen LogP contribution in [-0.2, 0) is 0 Å². The van der Waals surface area contributed by atoms with Crippen LogP contribution < -0.4 is 5.32 Å². The lowest BCUT2D eigenvalue weighted by Crippen LogP contribution is -2.50. The lowest BCUT2D eigenvalue weighted by atomic mass is 9.78. The Morgan fingerprint density at radius 1 is 1.38 bits per heavy atom. The lowest BCUT2D eigenvalue weighted by molar-refractivity contribution is 0.0848. The number of phenolic OH excluding ortho intramolecular Hbond substituents is 2. The maximum absolute atomic E-state index is 11.8. The van der Waals surface area contributed by atoms with E-state index in [9.17, 15) is 9.90 Å². The molecule has 1 saturated carbocycles. The molecular weight excluding hydrogens is 206 g/mol. The molecule has 0 spiro atoms. The van der Waals surface area contributed by atoms with Crippen LogP contribution in [0.1, 0.15) is 36.5 Å². The molecule has 1 fully saturated rings. The summed E-state index contributed by atoms with van der Waals surface area (Å²) in [5.41, 5.74) is 0.0624. The third-order valence-electron chi connectivity index (χ3n) is 3.10. The average Bonchev–Trinajstić information content (AvgIpc) is 2.14. The Kier molecular flexibility index (Phi) is 2.50. The zero-order valence-corrected chi connectivity index (χ0v) is 9.16. The van der Waals surface area contributed by atoms with Gasteiger partial charge in [-0.1, -0.05) is 0 Å². The topological polar surface area (TPSA) is 69.6 Å². The zero-order chi connectivity index (χ0) is 11.8. The summed E-state index contributed by atoms with van der Waals surface area (Å²) >= 11 is 0. The van der Waals surface area contributed by atoms with Crippen LogP contribution in [-0.4, -0.2) is 21.7 Å². The van der Waals surface area contributed by atoms with Crippen LogP contribution in [0.15, 0.2) is 18.2 Å². The molecule has 0 atom stereocenters. The molecule has 1 aliphatic rings. The number of amides is 1. The summed E-state index contributed by atoms with van der Waals surface area (Å²) in [5.74, 6) is -0.538. The van der Waals surface area contributed by atoms with Crippen molar-refractivity contribution in [2.45, 2.75) is 31.7 Å². The molecule has 1 aromatic carbocycles. The van der Waals surface area contributed by atoms with Crippen molar-refractivity contribution >= 4 is 5.91 Å². The first kappa shape index (κ1) is 10.8. The highest BCUT2D eigenvalue weighted by molar-refractivity contribution is 5.97. The van der Waals surface area contributed by atoms with Crippen molar-refractivity contribution in [3.05, 3.63) is 23.8 Å². The van der Waals surface area contributed by atoms with Crippen molar-refractivity contribution in [2.24, 2.45) is 0 Å². The van der Waals surface area contributed by atoms with Crippen LogP contribution >= 0.6 is 0 Å². The van der Waals surface area contributed by atoms with E-state index in [0.717, 1.165) is 25.3 Å². The van der Waals surface area contributed by atoms with Gasteiger partial charge in [0.2, 0.25) is 0 Å². The van der Waals surface area contributed by atoms with E-state index in [0.29, 0.717) is 0 Å². The number of phenols is 2. The molecule has 0 aliphatic heterocycles. The van der Waals surface area contributed by atoms with Gasteiger partial charge in [-0.2, -0.15) is 0 Å². The number of aromatic hydroxyl groups is 2. The van der Waals surface area contributed by atoms with Gasteiger partial charge in [0.15, 0.2) is 0 Å². The normalized spacial score (nSPS) is 17.6. The second-order valence-corrected chi connectivity index (χ2v) is 4.57. The summed E-state index contributed by atoms with van der Waals surface area (Å²) in [6, 6.07) is 3.97. The van der Waals surface area contributed by atoms with Crippen molar-refractivity contribution in [3.8, 4) is 11.5 Å². The van der Waals surface area contributed by atoms with E-state index in [1.807, 2.05) is 6.92 Å². The monoisotopic (exact) mass is 221 g/mol. The smallest absolute Gasteiger partial charge is 0.255 e. The number of nitrogens with one attached hydrogen (secondary N) is 1. The summed E-state index contributed by atoms with van der Waals surface area (Å²) in [4.78, 5) is 11.8. The van der Waals surface area contributed by atoms with Gasteiger partial charge in [-0.3, -0.25) is 4.79 Å². The summed E-state index contributed by atoms with van der Waals surface area (Å²) < 4.78 is 0. The minimum absolute atomic E-state index is 0.0519. The predicted molar refractivity (Wildman–Crippen MR) is 59.5 cm³/mol. The molecular formula is C12H15NO3. The van der Waals surface area contributed by atoms with Gasteiger partial charge in [0.05, 0.1) is 5.56 Å². The summed E-state index contributed by atoms with van der Waals surface area (Å²) in [7, 11) is 0. The van der Waals surface area contributed by atoms with Crippen LogP contribution in [0.3, 0.4) is 0 Å². The van der Waals surface area contributed by atoms with E-state index >= 15 is 0 Å². The maximum atomic E-state index is 11.8. The standard InChI is InChI=1S/C12H15NO3/c1-12(5-2-6-12)13-11(16)9-4-3-8(14)7-10(9)15/h3-4,7,14-15H,2,5-6H2,1H3,(H,13,16). The number of benzene rings is 1. The van der Waals surface area contributed by atoms with Crippen LogP contribution in [0.4, 0.5) is 0 Å². The van der Waals surface area contributed by atoms with E-state index < -0.39 is 0 Å². The average molecular weight is 221 g/mol. The van der Waals surface area contributed by atoms with Gasteiger partial charge in [-0.05, 0) is 38.3 Å². The molecule has 3 N–H and O–H groups in total. The van der Waals surface area contributed by atoms with Crippen molar-refractivity contribution in [1.29, 1.82) is 0 Å². The van der Waals surface area contributed by atoms with E-state index in [1.54, 1.807) is 0 Å². The molecule has 0 radical (unpaired) electrons. The van der Waals surface area contributed by atoms with Crippen LogP contribution in [0.5, 0.6) is 11.5 Å². The number of rotatable bonds is 2. The summed E-state index contributed by atoms with van der Waals surface area (Å²) in [5, 5.41) is 21.5. The number of carbonyl (C=O) groups is 1. The first-order chi connectivity index (χ1) is 7.50. The Morgan fingerprint density at radius 3 is 2.56 bits per heavy atom. The van der Waals surface area contributed by atoms with Gasteiger partial charge < -0.3 is 15.5 Å². The number of carbonyl (C=O) groups excluding carboxylic acids is 1. The molecule has 0 saturated heterocycles. The molecule has 1 aromatic rings. The Morgan fingerprint density at radius 2 is 2.06 bits per heavy atom. The molecule has 0 bridgehead atoms. The fourth-order valence-corrected chi connectivity index (χ4v) is 1.89. The highest BCUT2D eigenvalue weighted by atomic mass is 16.3. The van der Waals surface area contributed by atoms with Crippen LogP contribution in [0, 0.1) is 0 Å². The Labute approximate surface area is 93.9 Å². The Hall–Kier alpha value is -1.71. The van der Waals surface area contributed by atoms with Crippen molar-refractivity contribution in [3.63, 3.8) is 0 Å². The van der Waals surface area contributed by atoms with Gasteiger partial charge in [0.1, 0.15) is 11.5 Å². The van der Waals surface area contributed by atoms with Crippen molar-refractivity contribution in [1.82, 2.24) is 5.32 Å². The molecule has 0 unspecified atom stereocenters. The third kappa shape index (κ3) is 1.96. The third-order valence-corrected chi connectivity index (χ3v) is 3.10.